The second-order valence-corrected chi connectivity index (χ2v) is 16.3. The molecule has 7 atom stereocenters. The molecule has 4 aliphatic carbocycles. The number of halogens is 1. The summed E-state index contributed by atoms with van der Waals surface area (Å²) in [6, 6.07) is 8.73. The van der Waals surface area contributed by atoms with Crippen molar-refractivity contribution in [1.82, 2.24) is 9.80 Å². The molecule has 0 bridgehead atoms. The van der Waals surface area contributed by atoms with Gasteiger partial charge in [0.05, 0.1) is 38.1 Å². The number of hydrogen-bond acceptors (Lipinski definition) is 5. The van der Waals surface area contributed by atoms with Gasteiger partial charge in [0, 0.05) is 23.5 Å². The third-order valence-electron chi connectivity index (χ3n) is 13.8. The molecule has 0 spiro atoms. The summed E-state index contributed by atoms with van der Waals surface area (Å²) in [5, 5.41) is 0.818. The zero-order valence-electron chi connectivity index (χ0n) is 28.2. The van der Waals surface area contributed by atoms with Gasteiger partial charge in [-0.25, -0.2) is 0 Å². The van der Waals surface area contributed by atoms with Gasteiger partial charge in [0.1, 0.15) is 0 Å². The molecule has 2 aliphatic heterocycles. The molecule has 5 nitrogen and oxygen atoms in total. The Morgan fingerprint density at radius 2 is 1.44 bits per heavy atom. The highest BCUT2D eigenvalue weighted by molar-refractivity contribution is 6.30. The highest BCUT2D eigenvalue weighted by Gasteiger charge is 2.65. The van der Waals surface area contributed by atoms with Gasteiger partial charge in [-0.2, -0.15) is 0 Å². The van der Waals surface area contributed by atoms with Crippen molar-refractivity contribution in [3.05, 3.63) is 46.5 Å². The third kappa shape index (κ3) is 6.33. The quantitative estimate of drug-likeness (QED) is 0.171. The molecule has 45 heavy (non-hydrogen) atoms. The summed E-state index contributed by atoms with van der Waals surface area (Å²) in [6.45, 7) is 15.4. The van der Waals surface area contributed by atoms with Gasteiger partial charge in [0.15, 0.2) is 0 Å². The molecule has 1 aromatic carbocycles. The summed E-state index contributed by atoms with van der Waals surface area (Å²) in [4.78, 5) is 5.11. The average molecular weight is 639 g/mol. The van der Waals surface area contributed by atoms with Crippen molar-refractivity contribution >= 4 is 11.6 Å². The predicted octanol–water partition coefficient (Wildman–Crippen LogP) is 8.11. The predicted molar refractivity (Wildman–Crippen MR) is 183 cm³/mol. The minimum absolute atomic E-state index is 0.152. The lowest BCUT2D eigenvalue weighted by atomic mass is 9.46. The van der Waals surface area contributed by atoms with Crippen molar-refractivity contribution in [2.24, 2.45) is 28.6 Å². The molecule has 0 radical (unpaired) electrons. The van der Waals surface area contributed by atoms with Crippen molar-refractivity contribution in [3.8, 4) is 0 Å². The van der Waals surface area contributed by atoms with Crippen LogP contribution in [0.25, 0.3) is 0 Å². The van der Waals surface area contributed by atoms with Crippen LogP contribution in [0.3, 0.4) is 0 Å². The largest absolute Gasteiger partial charge is 0.378 e. The van der Waals surface area contributed by atoms with E-state index >= 15 is 0 Å². The normalized spacial score (nSPS) is 38.6. The van der Waals surface area contributed by atoms with Crippen molar-refractivity contribution in [2.75, 3.05) is 65.7 Å². The maximum Gasteiger partial charge on any atom is 0.0988 e. The first-order valence-corrected chi connectivity index (χ1v) is 19.0. The van der Waals surface area contributed by atoms with E-state index in [1.54, 1.807) is 5.57 Å². The molecular formula is C39H59ClN2O3. The molecule has 250 valence electrons. The fourth-order valence-corrected chi connectivity index (χ4v) is 11.4. The molecule has 0 aromatic heterocycles. The Labute approximate surface area is 278 Å². The van der Waals surface area contributed by atoms with Gasteiger partial charge >= 0.3 is 0 Å². The van der Waals surface area contributed by atoms with E-state index in [-0.39, 0.29) is 17.1 Å². The fraction of sp³-hybridized carbons (Fsp3) is 0.795. The summed E-state index contributed by atoms with van der Waals surface area (Å²) >= 11 is 6.41. The molecule has 2 heterocycles. The number of likely N-dealkylation sites (tertiary alicyclic amines) is 2. The summed E-state index contributed by atoms with van der Waals surface area (Å²) in [6.07, 6.45) is 18.1. The maximum atomic E-state index is 7.24. The number of allylic oxidation sites excluding steroid dienone is 1. The molecule has 5 fully saturated rings. The summed E-state index contributed by atoms with van der Waals surface area (Å²) in [5.41, 5.74) is 3.31. The molecule has 2 saturated heterocycles. The Kier molecular flexibility index (Phi) is 10.1. The van der Waals surface area contributed by atoms with Crippen LogP contribution in [0.1, 0.15) is 96.5 Å². The van der Waals surface area contributed by atoms with Crippen LogP contribution in [0.4, 0.5) is 0 Å². The Bertz CT molecular complexity index is 1160. The van der Waals surface area contributed by atoms with E-state index in [1.165, 1.54) is 96.0 Å². The Morgan fingerprint density at radius 3 is 2.18 bits per heavy atom. The minimum Gasteiger partial charge on any atom is -0.378 e. The number of ether oxygens (including phenoxy) is 3. The van der Waals surface area contributed by atoms with Gasteiger partial charge in [-0.3, -0.25) is 0 Å². The molecule has 3 saturated carbocycles. The maximum absolute atomic E-state index is 7.24. The second kappa shape index (κ2) is 13.9. The van der Waals surface area contributed by atoms with E-state index in [4.69, 9.17) is 25.8 Å². The molecule has 0 N–H and O–H groups in total. The number of nitrogens with zero attached hydrogens (tertiary/aromatic N) is 2. The molecule has 1 aromatic rings. The van der Waals surface area contributed by atoms with Crippen LogP contribution < -0.4 is 0 Å². The smallest absolute Gasteiger partial charge is 0.0988 e. The lowest BCUT2D eigenvalue weighted by Crippen LogP contribution is -2.55. The van der Waals surface area contributed by atoms with Crippen LogP contribution in [-0.2, 0) is 19.8 Å². The Morgan fingerprint density at radius 1 is 0.756 bits per heavy atom. The first-order valence-electron chi connectivity index (χ1n) is 18.7. The molecule has 7 rings (SSSR count). The van der Waals surface area contributed by atoms with Crippen LogP contribution in [0.5, 0.6) is 0 Å². The summed E-state index contributed by atoms with van der Waals surface area (Å²) in [5.74, 6) is 2.27. The van der Waals surface area contributed by atoms with Gasteiger partial charge in [0.2, 0.25) is 0 Å². The first kappa shape index (κ1) is 32.6. The SMILES string of the molecule is C[C@]12CCC(OCCOCCN3CCCC3)C=C1CC[C@@H]1[C@H]2CC[C@@]2(C)[C@H]1CCC2(OCCN1CCCC1)c1ccc(Cl)cc1. The van der Waals surface area contributed by atoms with Gasteiger partial charge in [-0.15, -0.1) is 0 Å². The highest BCUT2D eigenvalue weighted by atomic mass is 35.5. The van der Waals surface area contributed by atoms with Crippen LogP contribution in [0, 0.1) is 28.6 Å². The van der Waals surface area contributed by atoms with Gasteiger partial charge in [-0.1, -0.05) is 49.2 Å². The van der Waals surface area contributed by atoms with Crippen LogP contribution >= 0.6 is 11.6 Å². The van der Waals surface area contributed by atoms with E-state index in [9.17, 15) is 0 Å². The number of hydrogen-bond donors (Lipinski definition) is 0. The van der Waals surface area contributed by atoms with E-state index in [1.807, 2.05) is 0 Å². The summed E-state index contributed by atoms with van der Waals surface area (Å²) in [7, 11) is 0. The number of rotatable bonds is 12. The second-order valence-electron chi connectivity index (χ2n) is 15.9. The lowest BCUT2D eigenvalue weighted by molar-refractivity contribution is -0.167. The highest BCUT2D eigenvalue weighted by Crippen LogP contribution is 2.70. The van der Waals surface area contributed by atoms with E-state index in [0.29, 0.717) is 24.5 Å². The van der Waals surface area contributed by atoms with Crippen molar-refractivity contribution in [1.29, 1.82) is 0 Å². The van der Waals surface area contributed by atoms with E-state index in [0.717, 1.165) is 56.0 Å². The Hall–Kier alpha value is -0.950. The third-order valence-corrected chi connectivity index (χ3v) is 14.0. The van der Waals surface area contributed by atoms with E-state index < -0.39 is 0 Å². The van der Waals surface area contributed by atoms with Gasteiger partial charge < -0.3 is 24.0 Å². The first-order chi connectivity index (χ1) is 21.9. The number of fused-ring (bicyclic) bond motifs is 5. The Balaban J connectivity index is 1.00. The standard InChI is InChI=1S/C39H59ClN2O3/c1-37-16-13-33(44-28-27-43-25-23-41-19-3-4-20-41)29-31(37)9-12-34-35(37)14-17-38(2)36(34)15-18-39(38,30-7-10-32(40)11-8-30)45-26-24-42-21-5-6-22-42/h7-8,10-11,29,33-36H,3-6,9,12-28H2,1-2H3/t33?,34-,35-,36+,37+,38+,39?/m1/s1. The zero-order valence-corrected chi connectivity index (χ0v) is 29.0. The molecule has 2 unspecified atom stereocenters. The zero-order chi connectivity index (χ0) is 30.9. The molecule has 6 aliphatic rings. The molecular weight excluding hydrogens is 580 g/mol. The van der Waals surface area contributed by atoms with Crippen molar-refractivity contribution in [3.63, 3.8) is 0 Å². The van der Waals surface area contributed by atoms with Crippen molar-refractivity contribution in [2.45, 2.75) is 103 Å². The van der Waals surface area contributed by atoms with Crippen LogP contribution in [-0.4, -0.2) is 81.6 Å². The topological polar surface area (TPSA) is 34.2 Å². The number of benzene rings is 1. The molecule has 0 amide bonds. The van der Waals surface area contributed by atoms with Gasteiger partial charge in [-0.05, 0) is 144 Å². The average Bonchev–Trinajstić information content (AvgIpc) is 3.81. The summed E-state index contributed by atoms with van der Waals surface area (Å²) < 4.78 is 19.6. The van der Waals surface area contributed by atoms with Crippen molar-refractivity contribution < 1.29 is 14.2 Å². The monoisotopic (exact) mass is 638 g/mol. The van der Waals surface area contributed by atoms with Crippen LogP contribution in [0.15, 0.2) is 35.9 Å². The fourth-order valence-electron chi connectivity index (χ4n) is 11.3. The van der Waals surface area contributed by atoms with Gasteiger partial charge in [0.25, 0.3) is 0 Å². The van der Waals surface area contributed by atoms with Crippen LogP contribution in [0.2, 0.25) is 5.02 Å². The van der Waals surface area contributed by atoms with E-state index in [2.05, 4.69) is 54.0 Å². The lowest BCUT2D eigenvalue weighted by Gasteiger charge is -2.60. The molecule has 6 heteroatoms. The minimum atomic E-state index is -0.216.